The summed E-state index contributed by atoms with van der Waals surface area (Å²) in [7, 11) is 0. The van der Waals surface area contributed by atoms with E-state index < -0.39 is 17.0 Å². The van der Waals surface area contributed by atoms with E-state index in [1.807, 2.05) is 0 Å². The zero-order valence-corrected chi connectivity index (χ0v) is 15.9. The van der Waals surface area contributed by atoms with Crippen LogP contribution in [0.1, 0.15) is 13.8 Å². The first kappa shape index (κ1) is 90.5. The molecule has 20 heavy (non-hydrogen) atoms. The molecule has 16 heteroatoms. The van der Waals surface area contributed by atoms with Crippen LogP contribution in [0.25, 0.3) is 0 Å². The summed E-state index contributed by atoms with van der Waals surface area (Å²) in [6.07, 6.45) is 0. The summed E-state index contributed by atoms with van der Waals surface area (Å²) in [6, 6.07) is 0. The number of carbonyl (C=O) groups is 2. The van der Waals surface area contributed by atoms with Crippen LogP contribution in [-0.4, -0.2) is 92.7 Å². The van der Waals surface area contributed by atoms with Gasteiger partial charge in [0.05, 0.1) is 5.09 Å². The van der Waals surface area contributed by atoms with Gasteiger partial charge in [-0.25, -0.2) is 0 Å². The zero-order valence-electron chi connectivity index (χ0n) is 10.8. The Bertz CT molecular complexity index is 128. The molecule has 0 saturated heterocycles. The number of rotatable bonds is 0. The molecule has 0 aromatic heterocycles. The minimum Gasteiger partial charge on any atom is -0.550 e. The molecular weight excluding hydrogens is 376 g/mol. The second-order valence-electron chi connectivity index (χ2n) is 1.23. The molecule has 122 valence electrons. The Kier molecular flexibility index (Phi) is 348. The van der Waals surface area contributed by atoms with Gasteiger partial charge in [0.1, 0.15) is 0 Å². The molecule has 14 nitrogen and oxygen atoms in total. The normalized spacial score (nSPS) is 3.70. The fraction of sp³-hybridized carbons (Fsp3) is 0.500. The van der Waals surface area contributed by atoms with Gasteiger partial charge in [-0.05, 0) is 6.92 Å². The van der Waals surface area contributed by atoms with Crippen LogP contribution in [0.5, 0.6) is 0 Å². The molecule has 0 radical (unpaired) electrons. The van der Waals surface area contributed by atoms with Crippen molar-refractivity contribution in [2.24, 2.45) is 0 Å². The van der Waals surface area contributed by atoms with Crippen LogP contribution in [0, 0.1) is 15.3 Å². The molecule has 0 amide bonds. The van der Waals surface area contributed by atoms with Crippen molar-refractivity contribution in [3.63, 3.8) is 0 Å². The van der Waals surface area contributed by atoms with Gasteiger partial charge in [-0.3, -0.25) is 4.79 Å². The summed E-state index contributed by atoms with van der Waals surface area (Å²) in [4.78, 5) is 26.1. The Morgan fingerprint density at radius 2 is 0.900 bits per heavy atom. The third-order valence-electron chi connectivity index (χ3n) is 0. The molecule has 0 aliphatic carbocycles. The Balaban J connectivity index is -0.00000000562. The molecule has 0 aliphatic rings. The van der Waals surface area contributed by atoms with E-state index in [9.17, 15) is 0 Å². The summed E-state index contributed by atoms with van der Waals surface area (Å²) in [6.45, 7) is 2.06. The van der Waals surface area contributed by atoms with Gasteiger partial charge in [0.15, 0.2) is 0 Å². The van der Waals surface area contributed by atoms with Crippen molar-refractivity contribution in [1.29, 1.82) is 0 Å². The molecule has 0 aromatic rings. The average molecular weight is 395 g/mol. The largest absolute Gasteiger partial charge is 2.00 e. The SMILES string of the molecule is CC(=O)O.CC(=O)[O-].O.O.O.O.O.O.O=[N+]([O-])[O-].[Ca+2].[Zn]. The maximum absolute atomic E-state index is 9.00. The molecule has 0 heterocycles. The van der Waals surface area contributed by atoms with Gasteiger partial charge < -0.3 is 63.2 Å². The smallest absolute Gasteiger partial charge is 0.550 e. The molecule has 0 aromatic carbocycles. The Hall–Kier alpha value is -0.217. The Labute approximate surface area is 155 Å². The van der Waals surface area contributed by atoms with Crippen LogP contribution >= 0.6 is 0 Å². The van der Waals surface area contributed by atoms with Crippen molar-refractivity contribution < 1.29 is 77.2 Å². The van der Waals surface area contributed by atoms with E-state index in [1.165, 1.54) is 0 Å². The summed E-state index contributed by atoms with van der Waals surface area (Å²) in [5.74, 6) is -1.92. The number of carbonyl (C=O) groups excluding carboxylic acids is 1. The van der Waals surface area contributed by atoms with Crippen molar-refractivity contribution in [1.82, 2.24) is 0 Å². The number of aliphatic carboxylic acids is 2. The number of nitrogens with zero attached hydrogens (tertiary/aromatic N) is 1. The van der Waals surface area contributed by atoms with E-state index in [4.69, 9.17) is 35.1 Å². The van der Waals surface area contributed by atoms with Crippen molar-refractivity contribution >= 4 is 49.7 Å². The first-order valence-corrected chi connectivity index (χ1v) is 2.38. The zero-order chi connectivity index (χ0) is 10.7. The number of carboxylic acid groups (broad SMARTS) is 2. The second kappa shape index (κ2) is 77.0. The van der Waals surface area contributed by atoms with E-state index in [1.54, 1.807) is 0 Å². The summed E-state index contributed by atoms with van der Waals surface area (Å²) in [5.41, 5.74) is 0. The molecule has 0 unspecified atom stereocenters. The van der Waals surface area contributed by atoms with Crippen molar-refractivity contribution in [2.45, 2.75) is 13.8 Å². The number of hydrogen-bond donors (Lipinski definition) is 1. The summed E-state index contributed by atoms with van der Waals surface area (Å²) in [5, 5.41) is 31.1. The molecule has 0 spiro atoms. The van der Waals surface area contributed by atoms with Crippen molar-refractivity contribution in [2.75, 3.05) is 0 Å². The first-order chi connectivity index (χ1) is 5.20. The maximum atomic E-state index is 9.00. The van der Waals surface area contributed by atoms with Crippen LogP contribution in [0.15, 0.2) is 0 Å². The van der Waals surface area contributed by atoms with Crippen LogP contribution in [-0.2, 0) is 29.1 Å². The minimum absolute atomic E-state index is 0. The molecule has 0 atom stereocenters. The van der Waals surface area contributed by atoms with Gasteiger partial charge in [0.2, 0.25) is 0 Å². The topological polar surface area (TPSA) is 333 Å². The second-order valence-corrected chi connectivity index (χ2v) is 1.23. The Morgan fingerprint density at radius 1 is 0.900 bits per heavy atom. The van der Waals surface area contributed by atoms with E-state index in [0.717, 1.165) is 13.8 Å². The third-order valence-corrected chi connectivity index (χ3v) is 0. The quantitative estimate of drug-likeness (QED) is 0.234. The monoisotopic (exact) mass is 393 g/mol. The summed E-state index contributed by atoms with van der Waals surface area (Å²) < 4.78 is 0. The van der Waals surface area contributed by atoms with Gasteiger partial charge in [-0.2, -0.15) is 0 Å². The van der Waals surface area contributed by atoms with Crippen molar-refractivity contribution in [3.8, 4) is 0 Å². The average Bonchev–Trinajstić information content (AvgIpc) is 1.54. The predicted octanol–water partition coefficient (Wildman–Crippen LogP) is -6.72. The molecule has 13 N–H and O–H groups in total. The molecule has 0 bridgehead atoms. The predicted molar refractivity (Wildman–Crippen MR) is 61.8 cm³/mol. The third kappa shape index (κ3) is 106000. The number of carboxylic acids is 2. The standard InChI is InChI=1S/2C2H4O2.Ca.NO3.6H2O.Zn/c2*1-2(3)4;;2-1(3)4;;;;;;;/h2*1H3,(H,3,4);;;6*1H2;/q;;+2;-1;;;;;;;/p-1. The van der Waals surface area contributed by atoms with Gasteiger partial charge in [0, 0.05) is 32.4 Å². The van der Waals surface area contributed by atoms with Gasteiger partial charge in [-0.1, -0.05) is 0 Å². The fourth-order valence-corrected chi connectivity index (χ4v) is 0. The van der Waals surface area contributed by atoms with E-state index in [-0.39, 0.29) is 90.1 Å². The van der Waals surface area contributed by atoms with E-state index >= 15 is 0 Å². The van der Waals surface area contributed by atoms with Gasteiger partial charge >= 0.3 is 37.7 Å². The molecule has 0 aliphatic heterocycles. The van der Waals surface area contributed by atoms with E-state index in [2.05, 4.69) is 0 Å². The fourth-order valence-electron chi connectivity index (χ4n) is 0. The van der Waals surface area contributed by atoms with Crippen LogP contribution < -0.4 is 5.11 Å². The van der Waals surface area contributed by atoms with Crippen molar-refractivity contribution in [3.05, 3.63) is 15.3 Å². The first-order valence-electron chi connectivity index (χ1n) is 2.38. The number of hydrogen-bond acceptors (Lipinski definition) is 6. The molecule has 0 rings (SSSR count). The van der Waals surface area contributed by atoms with Gasteiger partial charge in [-0.15, -0.1) is 0 Å². The maximum Gasteiger partial charge on any atom is 2.00 e. The molecule has 0 fully saturated rings. The molecular formula is C4H19CaNO13Zn. The van der Waals surface area contributed by atoms with Crippen LogP contribution in [0.4, 0.5) is 0 Å². The van der Waals surface area contributed by atoms with Gasteiger partial charge in [0.25, 0.3) is 5.97 Å². The summed E-state index contributed by atoms with van der Waals surface area (Å²) >= 11 is 0. The van der Waals surface area contributed by atoms with E-state index in [0.29, 0.717) is 0 Å². The van der Waals surface area contributed by atoms with Crippen LogP contribution in [0.2, 0.25) is 0 Å². The van der Waals surface area contributed by atoms with Crippen LogP contribution in [0.3, 0.4) is 0 Å². The minimum atomic E-state index is -1.75. The Morgan fingerprint density at radius 3 is 0.900 bits per heavy atom. The molecule has 0 saturated carbocycles.